The summed E-state index contributed by atoms with van der Waals surface area (Å²) >= 11 is 6.09. The number of H-pyrrole nitrogens is 1. The molecule has 1 N–H and O–H groups in total. The van der Waals surface area contributed by atoms with Gasteiger partial charge in [0.2, 0.25) is 0 Å². The Labute approximate surface area is 107 Å². The Morgan fingerprint density at radius 1 is 1.33 bits per heavy atom. The first-order valence-electron chi connectivity index (χ1n) is 5.34. The van der Waals surface area contributed by atoms with Crippen LogP contribution < -0.4 is 5.56 Å². The molecule has 18 heavy (non-hydrogen) atoms. The molecule has 6 heteroatoms. The molecule has 2 aromatic heterocycles. The summed E-state index contributed by atoms with van der Waals surface area (Å²) in [6.07, 6.45) is 1.50. The average molecular weight is 261 g/mol. The highest BCUT2D eigenvalue weighted by atomic mass is 35.5. The van der Waals surface area contributed by atoms with Crippen molar-refractivity contribution >= 4 is 22.6 Å². The molecule has 0 saturated heterocycles. The first-order chi connectivity index (χ1) is 8.66. The molecule has 1 aromatic carbocycles. The summed E-state index contributed by atoms with van der Waals surface area (Å²) in [4.78, 5) is 19.0. The second-order valence-electron chi connectivity index (χ2n) is 3.90. The van der Waals surface area contributed by atoms with Crippen molar-refractivity contribution in [1.82, 2.24) is 19.7 Å². The monoisotopic (exact) mass is 260 g/mol. The van der Waals surface area contributed by atoms with E-state index in [-0.39, 0.29) is 5.56 Å². The maximum Gasteiger partial charge on any atom is 0.262 e. The average Bonchev–Trinajstić information content (AvgIpc) is 2.72. The fourth-order valence-corrected chi connectivity index (χ4v) is 2.04. The van der Waals surface area contributed by atoms with Crippen molar-refractivity contribution in [3.8, 4) is 11.4 Å². The van der Waals surface area contributed by atoms with E-state index in [9.17, 15) is 4.79 Å². The topological polar surface area (TPSA) is 63.6 Å². The number of aromatic nitrogens is 4. The predicted octanol–water partition coefficient (Wildman–Crippen LogP) is 1.98. The van der Waals surface area contributed by atoms with Gasteiger partial charge < -0.3 is 4.98 Å². The predicted molar refractivity (Wildman–Crippen MR) is 69.6 cm³/mol. The van der Waals surface area contributed by atoms with E-state index in [0.717, 1.165) is 0 Å². The second kappa shape index (κ2) is 3.96. The van der Waals surface area contributed by atoms with Crippen LogP contribution in [0.15, 0.2) is 35.3 Å². The van der Waals surface area contributed by atoms with Crippen LogP contribution in [0.4, 0.5) is 0 Å². The van der Waals surface area contributed by atoms with Crippen LogP contribution in [-0.4, -0.2) is 19.7 Å². The Bertz CT molecular complexity index is 790. The molecule has 2 heterocycles. The molecule has 3 rings (SSSR count). The van der Waals surface area contributed by atoms with Gasteiger partial charge in [-0.05, 0) is 12.1 Å². The van der Waals surface area contributed by atoms with Gasteiger partial charge >= 0.3 is 0 Å². The van der Waals surface area contributed by atoms with Gasteiger partial charge in [0, 0.05) is 12.6 Å². The fourth-order valence-electron chi connectivity index (χ4n) is 1.81. The van der Waals surface area contributed by atoms with Gasteiger partial charge in [-0.2, -0.15) is 5.10 Å². The molecule has 0 spiro atoms. The molecule has 0 aliphatic carbocycles. The largest absolute Gasteiger partial charge is 0.306 e. The second-order valence-corrected chi connectivity index (χ2v) is 4.31. The smallest absolute Gasteiger partial charge is 0.262 e. The van der Waals surface area contributed by atoms with Crippen molar-refractivity contribution in [2.24, 2.45) is 7.05 Å². The van der Waals surface area contributed by atoms with Gasteiger partial charge in [-0.15, -0.1) is 0 Å². The van der Waals surface area contributed by atoms with Gasteiger partial charge in [0.1, 0.15) is 11.2 Å². The standard InChI is InChI=1S/C12H9ClN4O/c1-17-11-8(6-14-17)12(18)16-10(15-11)7-4-2-3-5-9(7)13/h2-6H,1H3,(H,15,16,18). The van der Waals surface area contributed by atoms with E-state index in [4.69, 9.17) is 11.6 Å². The van der Waals surface area contributed by atoms with Gasteiger partial charge in [0.15, 0.2) is 5.65 Å². The number of benzene rings is 1. The number of aryl methyl sites for hydroxylation is 1. The maximum atomic E-state index is 11.9. The first-order valence-corrected chi connectivity index (χ1v) is 5.71. The van der Waals surface area contributed by atoms with E-state index in [1.165, 1.54) is 6.20 Å². The number of fused-ring (bicyclic) bond motifs is 1. The third-order valence-corrected chi connectivity index (χ3v) is 3.06. The van der Waals surface area contributed by atoms with Crippen molar-refractivity contribution in [2.75, 3.05) is 0 Å². The third-order valence-electron chi connectivity index (χ3n) is 2.73. The lowest BCUT2D eigenvalue weighted by molar-refractivity contribution is 0.785. The van der Waals surface area contributed by atoms with Crippen LogP contribution in [0.25, 0.3) is 22.4 Å². The highest BCUT2D eigenvalue weighted by Crippen LogP contribution is 2.24. The van der Waals surface area contributed by atoms with E-state index in [2.05, 4.69) is 15.1 Å². The molecule has 0 radical (unpaired) electrons. The number of nitrogens with zero attached hydrogens (tertiary/aromatic N) is 3. The molecule has 0 atom stereocenters. The van der Waals surface area contributed by atoms with E-state index < -0.39 is 0 Å². The molecule has 0 unspecified atom stereocenters. The van der Waals surface area contributed by atoms with Gasteiger partial charge in [0.25, 0.3) is 5.56 Å². The minimum absolute atomic E-state index is 0.219. The summed E-state index contributed by atoms with van der Waals surface area (Å²) in [5, 5.41) is 5.02. The molecule has 3 aromatic rings. The zero-order valence-electron chi connectivity index (χ0n) is 9.51. The summed E-state index contributed by atoms with van der Waals surface area (Å²) in [7, 11) is 1.74. The van der Waals surface area contributed by atoms with Crippen LogP contribution in [0.5, 0.6) is 0 Å². The minimum Gasteiger partial charge on any atom is -0.306 e. The maximum absolute atomic E-state index is 11.9. The van der Waals surface area contributed by atoms with Crippen LogP contribution in [0.2, 0.25) is 5.02 Å². The molecule has 90 valence electrons. The molecular weight excluding hydrogens is 252 g/mol. The summed E-state index contributed by atoms with van der Waals surface area (Å²) in [6.45, 7) is 0. The van der Waals surface area contributed by atoms with E-state index in [0.29, 0.717) is 27.4 Å². The van der Waals surface area contributed by atoms with Crippen LogP contribution in [0, 0.1) is 0 Å². The third kappa shape index (κ3) is 1.60. The van der Waals surface area contributed by atoms with Crippen molar-refractivity contribution < 1.29 is 0 Å². The Hall–Kier alpha value is -2.14. The lowest BCUT2D eigenvalue weighted by Gasteiger charge is -2.03. The fraction of sp³-hybridized carbons (Fsp3) is 0.0833. The highest BCUT2D eigenvalue weighted by molar-refractivity contribution is 6.33. The summed E-state index contributed by atoms with van der Waals surface area (Å²) < 4.78 is 1.56. The van der Waals surface area contributed by atoms with Crippen LogP contribution in [0.3, 0.4) is 0 Å². The summed E-state index contributed by atoms with van der Waals surface area (Å²) in [5.41, 5.74) is 1.01. The Morgan fingerprint density at radius 2 is 2.11 bits per heavy atom. The Balaban J connectivity index is 2.34. The minimum atomic E-state index is -0.219. The molecular formula is C12H9ClN4O. The number of nitrogens with one attached hydrogen (secondary N) is 1. The quantitative estimate of drug-likeness (QED) is 0.728. The summed E-state index contributed by atoms with van der Waals surface area (Å²) in [6, 6.07) is 7.23. The molecule has 0 aliphatic rings. The van der Waals surface area contributed by atoms with E-state index in [1.54, 1.807) is 17.8 Å². The normalized spacial score (nSPS) is 11.0. The molecule has 0 saturated carbocycles. The SMILES string of the molecule is Cn1ncc2c(=O)[nH]c(-c3ccccc3Cl)nc21. The van der Waals surface area contributed by atoms with Crippen molar-refractivity contribution in [1.29, 1.82) is 0 Å². The van der Waals surface area contributed by atoms with Gasteiger partial charge in [-0.3, -0.25) is 9.48 Å². The van der Waals surface area contributed by atoms with Gasteiger partial charge in [0.05, 0.1) is 11.2 Å². The van der Waals surface area contributed by atoms with Crippen molar-refractivity contribution in [2.45, 2.75) is 0 Å². The number of hydrogen-bond acceptors (Lipinski definition) is 3. The number of rotatable bonds is 1. The first kappa shape index (κ1) is 11.0. The van der Waals surface area contributed by atoms with Crippen LogP contribution >= 0.6 is 11.6 Å². The van der Waals surface area contributed by atoms with Crippen molar-refractivity contribution in [3.05, 3.63) is 45.8 Å². The number of hydrogen-bond donors (Lipinski definition) is 1. The van der Waals surface area contributed by atoms with Crippen molar-refractivity contribution in [3.63, 3.8) is 0 Å². The molecule has 0 bridgehead atoms. The molecule has 0 aliphatic heterocycles. The van der Waals surface area contributed by atoms with Crippen LogP contribution in [0.1, 0.15) is 0 Å². The molecule has 5 nitrogen and oxygen atoms in total. The molecule has 0 fully saturated rings. The zero-order valence-corrected chi connectivity index (χ0v) is 10.3. The summed E-state index contributed by atoms with van der Waals surface area (Å²) in [5.74, 6) is 0.446. The number of halogens is 1. The zero-order chi connectivity index (χ0) is 12.7. The number of aromatic amines is 1. The highest BCUT2D eigenvalue weighted by Gasteiger charge is 2.11. The van der Waals surface area contributed by atoms with E-state index >= 15 is 0 Å². The molecule has 0 amide bonds. The lowest BCUT2D eigenvalue weighted by atomic mass is 10.2. The van der Waals surface area contributed by atoms with Gasteiger partial charge in [-0.1, -0.05) is 23.7 Å². The Morgan fingerprint density at radius 3 is 2.89 bits per heavy atom. The van der Waals surface area contributed by atoms with Gasteiger partial charge in [-0.25, -0.2) is 4.98 Å². The van der Waals surface area contributed by atoms with Crippen LogP contribution in [-0.2, 0) is 7.05 Å². The van der Waals surface area contributed by atoms with E-state index in [1.807, 2.05) is 18.2 Å². The Kier molecular flexibility index (Phi) is 2.41. The lowest BCUT2D eigenvalue weighted by Crippen LogP contribution is -2.09.